The number of urea groups is 1. The molecule has 3 aromatic rings. The maximum Gasteiger partial charge on any atom is 0.338 e. The summed E-state index contributed by atoms with van der Waals surface area (Å²) in [4.78, 5) is 25.5. The summed E-state index contributed by atoms with van der Waals surface area (Å²) in [5, 5.41) is 4.27. The normalized spacial score (nSPS) is 14.4. The summed E-state index contributed by atoms with van der Waals surface area (Å²) in [5.41, 5.74) is 5.95. The maximum absolute atomic E-state index is 12.8. The van der Waals surface area contributed by atoms with Crippen molar-refractivity contribution in [1.29, 1.82) is 0 Å². The Morgan fingerprint density at radius 3 is 2.57 bits per heavy atom. The number of aryl methyl sites for hydroxylation is 1. The average Bonchev–Trinajstić information content (AvgIpc) is 3.08. The van der Waals surface area contributed by atoms with Crippen molar-refractivity contribution in [3.05, 3.63) is 98.4 Å². The van der Waals surface area contributed by atoms with Crippen LogP contribution in [0, 0.1) is 6.92 Å². The second kappa shape index (κ2) is 11.1. The second-order valence-corrected chi connectivity index (χ2v) is 10.0. The summed E-state index contributed by atoms with van der Waals surface area (Å²) in [6.45, 7) is 2.51. The van der Waals surface area contributed by atoms with Gasteiger partial charge in [0.05, 0.1) is 15.0 Å². The molecule has 1 aliphatic heterocycles. The van der Waals surface area contributed by atoms with E-state index >= 15 is 0 Å². The Balaban J connectivity index is 1.36. The molecule has 2 N–H and O–H groups in total. The van der Waals surface area contributed by atoms with Crippen LogP contribution in [-0.4, -0.2) is 21.3 Å². The zero-order valence-electron chi connectivity index (χ0n) is 18.4. The standard InChI is InChI=1S/C25H19Cl2N3O3S2/c1-15-3-2-4-17(11-15)14-33-19-8-5-16(6-9-19)12-22-23(31)30(25(34)35-22)29-24(32)28-18-7-10-20(26)21(27)13-18/h2-13H,14H2,1H3,(H2,28,29,32)/b22-12+. The third-order valence-electron chi connectivity index (χ3n) is 4.85. The number of hydrogen-bond donors (Lipinski definition) is 2. The molecule has 0 radical (unpaired) electrons. The molecule has 3 aromatic carbocycles. The molecule has 6 nitrogen and oxygen atoms in total. The Bertz CT molecular complexity index is 1330. The van der Waals surface area contributed by atoms with Gasteiger partial charge in [-0.15, -0.1) is 0 Å². The number of hydrazine groups is 1. The lowest BCUT2D eigenvalue weighted by atomic mass is 10.1. The Hall–Kier alpha value is -3.04. The molecule has 0 aromatic heterocycles. The number of thioether (sulfide) groups is 1. The van der Waals surface area contributed by atoms with Crippen LogP contribution in [0.3, 0.4) is 0 Å². The third-order valence-corrected chi connectivity index (χ3v) is 6.89. The molecule has 3 amide bonds. The number of amides is 3. The fraction of sp³-hybridized carbons (Fsp3) is 0.0800. The Morgan fingerprint density at radius 1 is 1.09 bits per heavy atom. The smallest absolute Gasteiger partial charge is 0.338 e. The van der Waals surface area contributed by atoms with E-state index in [-0.39, 0.29) is 4.32 Å². The van der Waals surface area contributed by atoms with E-state index in [1.54, 1.807) is 18.2 Å². The van der Waals surface area contributed by atoms with Gasteiger partial charge in [-0.05, 0) is 66.7 Å². The number of hydrogen-bond acceptors (Lipinski definition) is 5. The molecule has 0 saturated carbocycles. The van der Waals surface area contributed by atoms with Crippen molar-refractivity contribution >= 4 is 75.2 Å². The number of nitrogens with one attached hydrogen (secondary N) is 2. The lowest BCUT2D eigenvalue weighted by molar-refractivity contribution is -0.123. The van der Waals surface area contributed by atoms with Crippen LogP contribution < -0.4 is 15.5 Å². The number of anilines is 1. The number of ether oxygens (including phenoxy) is 1. The van der Waals surface area contributed by atoms with Crippen LogP contribution in [0.4, 0.5) is 10.5 Å². The van der Waals surface area contributed by atoms with Crippen molar-refractivity contribution in [2.75, 3.05) is 5.32 Å². The zero-order chi connectivity index (χ0) is 24.9. The van der Waals surface area contributed by atoms with Gasteiger partial charge in [0.15, 0.2) is 4.32 Å². The third kappa shape index (κ3) is 6.55. The zero-order valence-corrected chi connectivity index (χ0v) is 21.5. The summed E-state index contributed by atoms with van der Waals surface area (Å²) >= 11 is 18.2. The highest BCUT2D eigenvalue weighted by Crippen LogP contribution is 2.32. The number of benzene rings is 3. The van der Waals surface area contributed by atoms with Gasteiger partial charge in [0.1, 0.15) is 12.4 Å². The first-order chi connectivity index (χ1) is 16.8. The molecule has 178 valence electrons. The lowest BCUT2D eigenvalue weighted by Crippen LogP contribution is -2.46. The number of nitrogens with zero attached hydrogens (tertiary/aromatic N) is 1. The minimum atomic E-state index is -0.643. The molecule has 1 aliphatic rings. The highest BCUT2D eigenvalue weighted by Gasteiger charge is 2.33. The van der Waals surface area contributed by atoms with E-state index in [0.717, 1.165) is 33.6 Å². The average molecular weight is 544 g/mol. The van der Waals surface area contributed by atoms with E-state index in [9.17, 15) is 9.59 Å². The van der Waals surface area contributed by atoms with Crippen molar-refractivity contribution in [3.8, 4) is 5.75 Å². The number of rotatable bonds is 6. The summed E-state index contributed by atoms with van der Waals surface area (Å²) in [6, 6.07) is 19.5. The van der Waals surface area contributed by atoms with Gasteiger partial charge in [-0.3, -0.25) is 4.79 Å². The Labute approximate surface area is 222 Å². The number of thiocarbonyl (C=S) groups is 1. The molecular formula is C25H19Cl2N3O3S2. The van der Waals surface area contributed by atoms with E-state index in [1.807, 2.05) is 49.4 Å². The first-order valence-electron chi connectivity index (χ1n) is 10.4. The SMILES string of the molecule is Cc1cccc(COc2ccc(/C=C3/SC(=S)N(NC(=O)Nc4ccc(Cl)c(Cl)c4)C3=O)cc2)c1. The predicted octanol–water partition coefficient (Wildman–Crippen LogP) is 6.82. The van der Waals surface area contributed by atoms with Gasteiger partial charge >= 0.3 is 6.03 Å². The summed E-state index contributed by atoms with van der Waals surface area (Å²) in [7, 11) is 0. The van der Waals surface area contributed by atoms with Crippen LogP contribution in [0.1, 0.15) is 16.7 Å². The molecule has 0 spiro atoms. The van der Waals surface area contributed by atoms with Gasteiger partial charge in [-0.25, -0.2) is 10.2 Å². The van der Waals surface area contributed by atoms with Gasteiger partial charge < -0.3 is 10.1 Å². The van der Waals surface area contributed by atoms with Crippen molar-refractivity contribution in [2.45, 2.75) is 13.5 Å². The van der Waals surface area contributed by atoms with Crippen LogP contribution in [0.5, 0.6) is 5.75 Å². The first kappa shape index (κ1) is 25.1. The highest BCUT2D eigenvalue weighted by molar-refractivity contribution is 8.26. The van der Waals surface area contributed by atoms with Crippen LogP contribution in [-0.2, 0) is 11.4 Å². The lowest BCUT2D eigenvalue weighted by Gasteiger charge is -2.16. The van der Waals surface area contributed by atoms with E-state index in [2.05, 4.69) is 16.8 Å². The summed E-state index contributed by atoms with van der Waals surface area (Å²) in [5.74, 6) is 0.293. The van der Waals surface area contributed by atoms with E-state index in [0.29, 0.717) is 27.2 Å². The van der Waals surface area contributed by atoms with Crippen LogP contribution >= 0.6 is 47.2 Å². The Kier molecular flexibility index (Phi) is 7.97. The molecule has 0 unspecified atom stereocenters. The molecule has 4 rings (SSSR count). The molecule has 35 heavy (non-hydrogen) atoms. The minimum absolute atomic E-state index is 0.212. The molecule has 10 heteroatoms. The summed E-state index contributed by atoms with van der Waals surface area (Å²) in [6.07, 6.45) is 1.71. The predicted molar refractivity (Wildman–Crippen MR) is 146 cm³/mol. The number of carbonyl (C=O) groups is 2. The van der Waals surface area contributed by atoms with Gasteiger partial charge in [0, 0.05) is 5.69 Å². The van der Waals surface area contributed by atoms with Crippen LogP contribution in [0.25, 0.3) is 6.08 Å². The second-order valence-electron chi connectivity index (χ2n) is 7.56. The minimum Gasteiger partial charge on any atom is -0.489 e. The molecule has 0 atom stereocenters. The molecule has 1 fully saturated rings. The van der Waals surface area contributed by atoms with E-state index in [1.165, 1.54) is 11.6 Å². The number of halogens is 2. The molecule has 0 bridgehead atoms. The monoisotopic (exact) mass is 543 g/mol. The van der Waals surface area contributed by atoms with Gasteiger partial charge in [0.2, 0.25) is 0 Å². The van der Waals surface area contributed by atoms with Crippen molar-refractivity contribution in [1.82, 2.24) is 10.4 Å². The molecule has 1 saturated heterocycles. The fourth-order valence-corrected chi connectivity index (χ4v) is 4.66. The Morgan fingerprint density at radius 2 is 1.86 bits per heavy atom. The van der Waals surface area contributed by atoms with Crippen molar-refractivity contribution in [2.24, 2.45) is 0 Å². The number of carbonyl (C=O) groups excluding carboxylic acids is 2. The first-order valence-corrected chi connectivity index (χ1v) is 12.4. The highest BCUT2D eigenvalue weighted by atomic mass is 35.5. The fourth-order valence-electron chi connectivity index (χ4n) is 3.18. The van der Waals surface area contributed by atoms with E-state index in [4.69, 9.17) is 40.2 Å². The molecule has 1 heterocycles. The molecule has 0 aliphatic carbocycles. The van der Waals surface area contributed by atoms with Gasteiger partial charge in [0.25, 0.3) is 5.91 Å². The summed E-state index contributed by atoms with van der Waals surface area (Å²) < 4.78 is 6.05. The maximum atomic E-state index is 12.8. The van der Waals surface area contributed by atoms with Crippen LogP contribution in [0.2, 0.25) is 10.0 Å². The van der Waals surface area contributed by atoms with Gasteiger partial charge in [-0.1, -0.05) is 76.9 Å². The van der Waals surface area contributed by atoms with Crippen molar-refractivity contribution < 1.29 is 14.3 Å². The quantitative estimate of drug-likeness (QED) is 0.263. The molecular weight excluding hydrogens is 525 g/mol. The van der Waals surface area contributed by atoms with Gasteiger partial charge in [-0.2, -0.15) is 5.01 Å². The topological polar surface area (TPSA) is 70.7 Å². The largest absolute Gasteiger partial charge is 0.489 e. The van der Waals surface area contributed by atoms with Crippen LogP contribution in [0.15, 0.2) is 71.6 Å². The van der Waals surface area contributed by atoms with E-state index < -0.39 is 11.9 Å². The van der Waals surface area contributed by atoms with Crippen molar-refractivity contribution in [3.63, 3.8) is 0 Å².